The summed E-state index contributed by atoms with van der Waals surface area (Å²) in [7, 11) is 0. The van der Waals surface area contributed by atoms with Crippen LogP contribution in [0, 0.1) is 6.92 Å². The molecule has 0 saturated heterocycles. The van der Waals surface area contributed by atoms with Crippen molar-refractivity contribution >= 4 is 22.4 Å². The highest BCUT2D eigenvalue weighted by atomic mass is 32.1. The average Bonchev–Trinajstić information content (AvgIpc) is 3.07. The van der Waals surface area contributed by atoms with Crippen LogP contribution in [-0.4, -0.2) is 46.7 Å². The third-order valence-corrected chi connectivity index (χ3v) is 5.17. The van der Waals surface area contributed by atoms with Gasteiger partial charge >= 0.3 is 41.7 Å². The summed E-state index contributed by atoms with van der Waals surface area (Å²) in [5, 5.41) is 0.0526. The number of carbonyl (C=O) groups excluding carboxylic acids is 1. The van der Waals surface area contributed by atoms with Crippen molar-refractivity contribution in [2.45, 2.75) is 42.7 Å². The topological polar surface area (TPSA) is 42.0 Å². The molecule has 0 aliphatic carbocycles. The van der Waals surface area contributed by atoms with E-state index in [1.54, 1.807) is 6.07 Å². The molecule has 0 aliphatic rings. The van der Waals surface area contributed by atoms with Gasteiger partial charge in [-0.1, -0.05) is 30.3 Å². The molecule has 190 valence electrons. The Bertz CT molecular complexity index is 1050. The molecule has 0 atom stereocenters. The summed E-state index contributed by atoms with van der Waals surface area (Å²) in [6.07, 6.45) is -7.53. The van der Waals surface area contributed by atoms with Gasteiger partial charge in [0.05, 0.1) is 5.69 Å². The highest BCUT2D eigenvalue weighted by Crippen LogP contribution is 2.60. The number of anilines is 1. The second-order valence-electron chi connectivity index (χ2n) is 6.61. The quantitative estimate of drug-likeness (QED) is 0.396. The van der Waals surface area contributed by atoms with Crippen LogP contribution >= 0.6 is 11.3 Å². The summed E-state index contributed by atoms with van der Waals surface area (Å²) in [5.41, 5.74) is 0.340. The molecule has 0 bridgehead atoms. The highest BCUT2D eigenvalue weighted by Gasteiger charge is 2.91. The lowest BCUT2D eigenvalue weighted by Gasteiger charge is -2.39. The van der Waals surface area contributed by atoms with Gasteiger partial charge in [-0.15, -0.1) is 11.3 Å². The van der Waals surface area contributed by atoms with Crippen molar-refractivity contribution in [1.29, 1.82) is 0 Å². The number of halogens is 13. The molecule has 1 aromatic heterocycles. The summed E-state index contributed by atoms with van der Waals surface area (Å²) in [6.45, 7) is 1.32. The van der Waals surface area contributed by atoms with Gasteiger partial charge in [0.2, 0.25) is 0 Å². The zero-order chi connectivity index (χ0) is 26.5. The summed E-state index contributed by atoms with van der Waals surface area (Å²) in [4.78, 5) is 15.4. The third-order valence-electron chi connectivity index (χ3n) is 4.28. The first-order valence-electron chi connectivity index (χ1n) is 8.43. The molecule has 34 heavy (non-hydrogen) atoms. The van der Waals surface area contributed by atoms with Crippen LogP contribution in [0.15, 0.2) is 30.3 Å². The minimum Gasteiger partial charge on any atom is -0.296 e. The Labute approximate surface area is 184 Å². The number of thiazole rings is 1. The van der Waals surface area contributed by atoms with Gasteiger partial charge in [0.15, 0.2) is 5.13 Å². The molecular formula is C17H9F13N2OS. The van der Waals surface area contributed by atoms with Gasteiger partial charge in [-0.2, -0.15) is 57.1 Å². The number of carbonyl (C=O) groups is 1. The zero-order valence-electron chi connectivity index (χ0n) is 16.1. The average molecular weight is 536 g/mol. The van der Waals surface area contributed by atoms with E-state index < -0.39 is 46.8 Å². The van der Waals surface area contributed by atoms with E-state index >= 15 is 0 Å². The highest BCUT2D eigenvalue weighted by molar-refractivity contribution is 7.16. The summed E-state index contributed by atoms with van der Waals surface area (Å²) < 4.78 is 171. The standard InChI is InChI=1S/C17H9F13N2OS/c1-7-9(8-5-3-2-4-6-8)31-11(34-7)32-10(33)12(18,19)13(20,21)14(22,23)15(24,25)16(26,27)17(28,29)30/h2-6H,1H3,(H,31,32,33). The van der Waals surface area contributed by atoms with Crippen molar-refractivity contribution in [1.82, 2.24) is 4.98 Å². The number of aryl methyl sites for hydroxylation is 1. The molecule has 1 aromatic carbocycles. The maximum Gasteiger partial charge on any atom is 0.460 e. The number of nitrogens with zero attached hydrogens (tertiary/aromatic N) is 1. The van der Waals surface area contributed by atoms with Crippen LogP contribution in [0.3, 0.4) is 0 Å². The first kappa shape index (κ1) is 27.7. The first-order valence-corrected chi connectivity index (χ1v) is 9.24. The maximum atomic E-state index is 13.9. The minimum atomic E-state index is -8.08. The lowest BCUT2D eigenvalue weighted by atomic mass is 9.93. The molecule has 0 saturated carbocycles. The minimum absolute atomic E-state index is 0.0117. The number of amides is 1. The van der Waals surface area contributed by atoms with Crippen LogP contribution in [0.5, 0.6) is 0 Å². The molecule has 1 amide bonds. The van der Waals surface area contributed by atoms with Crippen molar-refractivity contribution in [3.05, 3.63) is 35.2 Å². The lowest BCUT2D eigenvalue weighted by molar-refractivity contribution is -0.435. The van der Waals surface area contributed by atoms with Gasteiger partial charge in [0, 0.05) is 10.4 Å². The predicted molar refractivity (Wildman–Crippen MR) is 91.7 cm³/mol. The Morgan fingerprint density at radius 2 is 1.24 bits per heavy atom. The zero-order valence-corrected chi connectivity index (χ0v) is 16.9. The van der Waals surface area contributed by atoms with E-state index in [1.807, 2.05) is 0 Å². The number of hydrogen-bond donors (Lipinski definition) is 1. The van der Waals surface area contributed by atoms with Crippen molar-refractivity contribution < 1.29 is 61.9 Å². The molecule has 2 aromatic rings. The molecule has 1 heterocycles. The smallest absolute Gasteiger partial charge is 0.296 e. The van der Waals surface area contributed by atoms with Gasteiger partial charge in [-0.05, 0) is 6.92 Å². The second-order valence-corrected chi connectivity index (χ2v) is 7.82. The van der Waals surface area contributed by atoms with Crippen LogP contribution in [0.1, 0.15) is 4.88 Å². The van der Waals surface area contributed by atoms with E-state index in [9.17, 15) is 61.9 Å². The van der Waals surface area contributed by atoms with E-state index in [2.05, 4.69) is 4.98 Å². The van der Waals surface area contributed by atoms with E-state index in [1.165, 1.54) is 31.2 Å². The predicted octanol–water partition coefficient (Wildman–Crippen LogP) is 6.80. The summed E-state index contributed by atoms with van der Waals surface area (Å²) >= 11 is 0.359. The SMILES string of the molecule is Cc1sc(NC(=O)C(F)(F)C(F)(F)C(F)(F)C(F)(F)C(F)(F)C(F)(F)F)nc1-c1ccccc1. The second kappa shape index (κ2) is 8.27. The summed E-state index contributed by atoms with van der Waals surface area (Å²) in [5.74, 6) is -42.0. The number of alkyl halides is 13. The molecule has 2 rings (SSSR count). The number of nitrogens with one attached hydrogen (secondary N) is 1. The molecule has 0 radical (unpaired) electrons. The third kappa shape index (κ3) is 4.07. The normalized spacial score (nSPS) is 14.3. The first-order chi connectivity index (χ1) is 15.1. The largest absolute Gasteiger partial charge is 0.460 e. The van der Waals surface area contributed by atoms with Crippen LogP contribution in [0.4, 0.5) is 62.2 Å². The Kier molecular flexibility index (Phi) is 6.72. The molecule has 3 nitrogen and oxygen atoms in total. The monoisotopic (exact) mass is 536 g/mol. The molecule has 0 unspecified atom stereocenters. The molecule has 0 aliphatic heterocycles. The number of benzene rings is 1. The van der Waals surface area contributed by atoms with Crippen LogP contribution in [-0.2, 0) is 4.79 Å². The fraction of sp³-hybridized carbons (Fsp3) is 0.412. The van der Waals surface area contributed by atoms with Gasteiger partial charge in [-0.25, -0.2) is 4.98 Å². The van der Waals surface area contributed by atoms with Gasteiger partial charge in [-0.3, -0.25) is 10.1 Å². The number of rotatable bonds is 7. The Balaban J connectivity index is 2.41. The Morgan fingerprint density at radius 1 is 0.765 bits per heavy atom. The van der Waals surface area contributed by atoms with Gasteiger partial charge < -0.3 is 0 Å². The van der Waals surface area contributed by atoms with Crippen molar-refractivity contribution in [2.75, 3.05) is 5.32 Å². The van der Waals surface area contributed by atoms with E-state index in [0.717, 1.165) is 5.32 Å². The van der Waals surface area contributed by atoms with Crippen LogP contribution in [0.2, 0.25) is 0 Å². The Hall–Kier alpha value is -2.59. The molecule has 0 fully saturated rings. The maximum absolute atomic E-state index is 13.9. The van der Waals surface area contributed by atoms with Crippen LogP contribution < -0.4 is 5.32 Å². The van der Waals surface area contributed by atoms with Gasteiger partial charge in [0.25, 0.3) is 0 Å². The van der Waals surface area contributed by atoms with E-state index in [4.69, 9.17) is 0 Å². The van der Waals surface area contributed by atoms with Crippen molar-refractivity contribution in [3.8, 4) is 11.3 Å². The fourth-order valence-electron chi connectivity index (χ4n) is 2.40. The molecule has 0 spiro atoms. The van der Waals surface area contributed by atoms with Gasteiger partial charge in [0.1, 0.15) is 0 Å². The number of hydrogen-bond acceptors (Lipinski definition) is 3. The molecule has 1 N–H and O–H groups in total. The molecule has 17 heteroatoms. The lowest BCUT2D eigenvalue weighted by Crippen LogP contribution is -2.71. The van der Waals surface area contributed by atoms with E-state index in [-0.39, 0.29) is 10.6 Å². The summed E-state index contributed by atoms with van der Waals surface area (Å²) in [6, 6.07) is 7.45. The van der Waals surface area contributed by atoms with E-state index in [0.29, 0.717) is 16.9 Å². The molecular weight excluding hydrogens is 527 g/mol. The number of aromatic nitrogens is 1. The van der Waals surface area contributed by atoms with Crippen LogP contribution in [0.25, 0.3) is 11.3 Å². The van der Waals surface area contributed by atoms with Crippen molar-refractivity contribution in [3.63, 3.8) is 0 Å². The van der Waals surface area contributed by atoms with Crippen molar-refractivity contribution in [2.24, 2.45) is 0 Å². The Morgan fingerprint density at radius 3 is 1.71 bits per heavy atom. The fourth-order valence-corrected chi connectivity index (χ4v) is 3.23.